The molecule has 172 valence electrons. The van der Waals surface area contributed by atoms with Crippen molar-refractivity contribution >= 4 is 5.97 Å². The van der Waals surface area contributed by atoms with E-state index in [1.165, 1.54) is 11.1 Å². The molecule has 0 aromatic heterocycles. The maximum atomic E-state index is 9.00. The fraction of sp³-hybridized carbons (Fsp3) is 0.519. The maximum absolute atomic E-state index is 9.00. The lowest BCUT2D eigenvalue weighted by molar-refractivity contribution is -0.134. The Labute approximate surface area is 184 Å². The highest BCUT2D eigenvalue weighted by molar-refractivity contribution is 5.62. The molecule has 0 saturated heterocycles. The van der Waals surface area contributed by atoms with Crippen LogP contribution in [0.15, 0.2) is 60.7 Å². The molecule has 0 spiro atoms. The van der Waals surface area contributed by atoms with Crippen LogP contribution >= 0.6 is 0 Å². The second kappa shape index (κ2) is 45.0. The largest absolute Gasteiger partial charge is 0.481 e. The summed E-state index contributed by atoms with van der Waals surface area (Å²) in [5.41, 5.74) is 2.82. The molecule has 2 nitrogen and oxygen atoms in total. The minimum atomic E-state index is -0.833. The van der Waals surface area contributed by atoms with Crippen LogP contribution in [0.1, 0.15) is 94.7 Å². The molecule has 0 bridgehead atoms. The van der Waals surface area contributed by atoms with Gasteiger partial charge in [0.2, 0.25) is 0 Å². The summed E-state index contributed by atoms with van der Waals surface area (Å²) in [7, 11) is 0. The average Bonchev–Trinajstić information content (AvgIpc) is 2.80. The van der Waals surface area contributed by atoms with Crippen LogP contribution in [0, 0.1) is 0 Å². The monoisotopic (exact) mass is 408 g/mol. The summed E-state index contributed by atoms with van der Waals surface area (Å²) in [6.07, 6.45) is 2.28. The number of hydrogen-bond donors (Lipinski definition) is 1. The number of carboxylic acid groups (broad SMARTS) is 1. The van der Waals surface area contributed by atoms with Crippen LogP contribution in [-0.4, -0.2) is 11.1 Å². The highest BCUT2D eigenvalue weighted by atomic mass is 16.4. The van der Waals surface area contributed by atoms with E-state index in [0.29, 0.717) is 0 Å². The first-order valence-electron chi connectivity index (χ1n) is 10.9. The molecule has 0 saturated carbocycles. The normalized spacial score (nSPS) is 6.72. The number of aryl methyl sites for hydroxylation is 2. The molecule has 2 rings (SSSR count). The van der Waals surface area contributed by atoms with Gasteiger partial charge in [-0.05, 0) is 24.0 Å². The zero-order valence-electron chi connectivity index (χ0n) is 20.5. The van der Waals surface area contributed by atoms with Crippen LogP contribution in [0.5, 0.6) is 0 Å². The van der Waals surface area contributed by atoms with Crippen molar-refractivity contribution in [2.24, 2.45) is 0 Å². The SMILES string of the molecule is C.CC.CC.CC.CC.CC(=O)O.CCc1ccccc1.CCc1ccccc1. The molecule has 2 heteroatoms. The topological polar surface area (TPSA) is 37.3 Å². The number of carbonyl (C=O) groups is 1. The second-order valence-corrected chi connectivity index (χ2v) is 4.20. The molecule has 1 N–H and O–H groups in total. The lowest BCUT2D eigenvalue weighted by Crippen LogP contribution is -1.78. The molecule has 0 aliphatic heterocycles. The molecule has 0 fully saturated rings. The van der Waals surface area contributed by atoms with Crippen LogP contribution in [0.25, 0.3) is 0 Å². The van der Waals surface area contributed by atoms with E-state index in [0.717, 1.165) is 19.8 Å². The van der Waals surface area contributed by atoms with Crippen LogP contribution in [0.4, 0.5) is 0 Å². The van der Waals surface area contributed by atoms with Gasteiger partial charge in [0, 0.05) is 6.92 Å². The zero-order valence-corrected chi connectivity index (χ0v) is 20.5. The zero-order chi connectivity index (χ0) is 23.2. The van der Waals surface area contributed by atoms with E-state index in [4.69, 9.17) is 9.90 Å². The number of carboxylic acids is 1. The summed E-state index contributed by atoms with van der Waals surface area (Å²) < 4.78 is 0. The van der Waals surface area contributed by atoms with Gasteiger partial charge in [0.25, 0.3) is 5.97 Å². The molecular formula is C27H52O2. The first kappa shape index (κ1) is 41.3. The number of hydrogen-bond acceptors (Lipinski definition) is 1. The van der Waals surface area contributed by atoms with E-state index < -0.39 is 5.97 Å². The Bertz CT molecular complexity index is 407. The minimum absolute atomic E-state index is 0. The highest BCUT2D eigenvalue weighted by Crippen LogP contribution is 1.97. The fourth-order valence-electron chi connectivity index (χ4n) is 1.43. The van der Waals surface area contributed by atoms with Crippen molar-refractivity contribution in [2.75, 3.05) is 0 Å². The number of aliphatic carboxylic acids is 1. The summed E-state index contributed by atoms with van der Waals surface area (Å²) in [6.45, 7) is 21.4. The first-order chi connectivity index (χ1) is 13.6. The molecule has 0 aliphatic rings. The van der Waals surface area contributed by atoms with Crippen molar-refractivity contribution in [3.8, 4) is 0 Å². The van der Waals surface area contributed by atoms with Crippen LogP contribution in [0.3, 0.4) is 0 Å². The van der Waals surface area contributed by atoms with Gasteiger partial charge in [0.05, 0.1) is 0 Å². The quantitative estimate of drug-likeness (QED) is 0.537. The Hall–Kier alpha value is -2.09. The number of benzene rings is 2. The molecule has 0 unspecified atom stereocenters. The molecule has 0 amide bonds. The first-order valence-corrected chi connectivity index (χ1v) is 10.9. The fourth-order valence-corrected chi connectivity index (χ4v) is 1.43. The van der Waals surface area contributed by atoms with Gasteiger partial charge in [-0.1, -0.05) is 137 Å². The van der Waals surface area contributed by atoms with Crippen LogP contribution in [0.2, 0.25) is 0 Å². The predicted octanol–water partition coefficient (Wildman–Crippen LogP) is 9.33. The molecule has 29 heavy (non-hydrogen) atoms. The van der Waals surface area contributed by atoms with E-state index in [2.05, 4.69) is 62.4 Å². The summed E-state index contributed by atoms with van der Waals surface area (Å²) in [4.78, 5) is 9.00. The van der Waals surface area contributed by atoms with Crippen LogP contribution in [-0.2, 0) is 17.6 Å². The smallest absolute Gasteiger partial charge is 0.300 e. The Morgan fingerprint density at radius 1 is 0.621 bits per heavy atom. The van der Waals surface area contributed by atoms with E-state index in [1.54, 1.807) is 0 Å². The second-order valence-electron chi connectivity index (χ2n) is 4.20. The summed E-state index contributed by atoms with van der Waals surface area (Å²) in [5, 5.41) is 7.42. The van der Waals surface area contributed by atoms with Gasteiger partial charge in [-0.15, -0.1) is 0 Å². The third kappa shape index (κ3) is 46.2. The molecule has 0 heterocycles. The van der Waals surface area contributed by atoms with E-state index >= 15 is 0 Å². The van der Waals surface area contributed by atoms with Crippen molar-refractivity contribution in [3.63, 3.8) is 0 Å². The summed E-state index contributed by atoms with van der Waals surface area (Å²) in [5.74, 6) is -0.833. The Morgan fingerprint density at radius 2 is 0.793 bits per heavy atom. The third-order valence-corrected chi connectivity index (χ3v) is 2.50. The Morgan fingerprint density at radius 3 is 0.897 bits per heavy atom. The van der Waals surface area contributed by atoms with Gasteiger partial charge in [0.15, 0.2) is 0 Å². The van der Waals surface area contributed by atoms with Gasteiger partial charge in [-0.25, -0.2) is 0 Å². The Balaban J connectivity index is -0.0000000592. The minimum Gasteiger partial charge on any atom is -0.481 e. The van der Waals surface area contributed by atoms with Crippen molar-refractivity contribution in [2.45, 2.75) is 96.4 Å². The molecule has 0 radical (unpaired) electrons. The lowest BCUT2D eigenvalue weighted by Gasteiger charge is -1.89. The Kier molecular flexibility index (Phi) is 64.1. The maximum Gasteiger partial charge on any atom is 0.300 e. The van der Waals surface area contributed by atoms with Gasteiger partial charge in [-0.2, -0.15) is 0 Å². The molecule has 0 aliphatic carbocycles. The van der Waals surface area contributed by atoms with Crippen LogP contribution < -0.4 is 0 Å². The predicted molar refractivity (Wildman–Crippen MR) is 137 cm³/mol. The molecule has 2 aromatic rings. The summed E-state index contributed by atoms with van der Waals surface area (Å²) in [6, 6.07) is 20.9. The lowest BCUT2D eigenvalue weighted by atomic mass is 10.2. The van der Waals surface area contributed by atoms with Crippen molar-refractivity contribution in [3.05, 3.63) is 71.8 Å². The van der Waals surface area contributed by atoms with Gasteiger partial charge in [0.1, 0.15) is 0 Å². The molecule has 0 atom stereocenters. The van der Waals surface area contributed by atoms with E-state index in [1.807, 2.05) is 67.5 Å². The highest BCUT2D eigenvalue weighted by Gasteiger charge is 1.80. The van der Waals surface area contributed by atoms with Gasteiger partial charge in [-0.3, -0.25) is 4.79 Å². The van der Waals surface area contributed by atoms with Gasteiger partial charge < -0.3 is 5.11 Å². The third-order valence-electron chi connectivity index (χ3n) is 2.50. The van der Waals surface area contributed by atoms with Gasteiger partial charge >= 0.3 is 0 Å². The summed E-state index contributed by atoms with van der Waals surface area (Å²) >= 11 is 0. The molecular weight excluding hydrogens is 356 g/mol. The van der Waals surface area contributed by atoms with Crippen molar-refractivity contribution < 1.29 is 9.90 Å². The average molecular weight is 409 g/mol. The van der Waals surface area contributed by atoms with Crippen molar-refractivity contribution in [1.82, 2.24) is 0 Å². The van der Waals surface area contributed by atoms with Crippen molar-refractivity contribution in [1.29, 1.82) is 0 Å². The van der Waals surface area contributed by atoms with E-state index in [-0.39, 0.29) is 7.43 Å². The van der Waals surface area contributed by atoms with E-state index in [9.17, 15) is 0 Å². The standard InChI is InChI=1S/2C8H10.C2H4O2.4C2H6.CH4/c2*1-2-8-6-4-3-5-7-8;1-2(3)4;4*1-2;/h2*3-7H,2H2,1H3;1H3,(H,3,4);4*1-2H3;1H4. The molecule has 2 aromatic carbocycles. The number of rotatable bonds is 2.